The van der Waals surface area contributed by atoms with Crippen LogP contribution in [0.3, 0.4) is 0 Å². The molecule has 0 radical (unpaired) electrons. The highest BCUT2D eigenvalue weighted by molar-refractivity contribution is 9.10. The molecule has 3 aromatic rings. The molecule has 1 aromatic heterocycles. The molecule has 2 N–H and O–H groups in total. The fourth-order valence-corrected chi connectivity index (χ4v) is 3.40. The lowest BCUT2D eigenvalue weighted by atomic mass is 10.2. The zero-order valence-corrected chi connectivity index (χ0v) is 13.0. The molecule has 0 bridgehead atoms. The third-order valence-electron chi connectivity index (χ3n) is 2.94. The van der Waals surface area contributed by atoms with Crippen molar-refractivity contribution in [3.05, 3.63) is 58.7 Å². The fraction of sp³-hybridized carbons (Fsp3) is 0. The van der Waals surface area contributed by atoms with E-state index in [9.17, 15) is 8.78 Å². The van der Waals surface area contributed by atoms with Crippen LogP contribution in [0, 0.1) is 11.6 Å². The Hall–Kier alpha value is -1.66. The molecule has 0 saturated heterocycles. The van der Waals surface area contributed by atoms with E-state index in [1.807, 2.05) is 24.3 Å². The van der Waals surface area contributed by atoms with Gasteiger partial charge in [0.2, 0.25) is 0 Å². The Morgan fingerprint density at radius 1 is 1.05 bits per heavy atom. The van der Waals surface area contributed by atoms with Crippen molar-refractivity contribution in [2.75, 3.05) is 5.73 Å². The Morgan fingerprint density at radius 2 is 1.76 bits per heavy atom. The lowest BCUT2D eigenvalue weighted by Crippen LogP contribution is -1.94. The van der Waals surface area contributed by atoms with Gasteiger partial charge in [0.05, 0.1) is 4.90 Å². The summed E-state index contributed by atoms with van der Waals surface area (Å²) in [7, 11) is 0. The van der Waals surface area contributed by atoms with Crippen LogP contribution in [0.2, 0.25) is 0 Å². The highest BCUT2D eigenvalue weighted by Crippen LogP contribution is 2.37. The second-order valence-electron chi connectivity index (χ2n) is 4.37. The van der Waals surface area contributed by atoms with Gasteiger partial charge in [-0.25, -0.2) is 13.8 Å². The van der Waals surface area contributed by atoms with Gasteiger partial charge in [-0.1, -0.05) is 39.8 Å². The highest BCUT2D eigenvalue weighted by Gasteiger charge is 2.14. The number of nitrogens with two attached hydrogens (primary N) is 1. The average Bonchev–Trinajstić information content (AvgIpc) is 2.43. The molecule has 106 valence electrons. The van der Waals surface area contributed by atoms with Crippen LogP contribution < -0.4 is 5.73 Å². The number of anilines is 1. The summed E-state index contributed by atoms with van der Waals surface area (Å²) < 4.78 is 28.7. The third kappa shape index (κ3) is 2.73. The van der Waals surface area contributed by atoms with E-state index in [1.54, 1.807) is 6.20 Å². The number of pyridine rings is 1. The Balaban J connectivity index is 2.13. The van der Waals surface area contributed by atoms with Gasteiger partial charge in [-0.05, 0) is 24.3 Å². The van der Waals surface area contributed by atoms with E-state index in [2.05, 4.69) is 20.9 Å². The number of benzene rings is 2. The van der Waals surface area contributed by atoms with Crippen molar-refractivity contribution in [3.63, 3.8) is 0 Å². The predicted molar refractivity (Wildman–Crippen MR) is 84.3 cm³/mol. The Labute approximate surface area is 132 Å². The standard InChI is InChI=1S/C15H9BrF2N2S/c16-11-3-1-2-10-9(11)4-5-20-15(10)21-14-12(17)6-8(19)7-13(14)18/h1-7H,19H2. The van der Waals surface area contributed by atoms with E-state index >= 15 is 0 Å². The molecule has 0 aliphatic rings. The number of hydrogen-bond donors (Lipinski definition) is 1. The topological polar surface area (TPSA) is 38.9 Å². The number of rotatable bonds is 2. The van der Waals surface area contributed by atoms with E-state index in [0.29, 0.717) is 5.03 Å². The zero-order chi connectivity index (χ0) is 15.0. The van der Waals surface area contributed by atoms with Crippen LogP contribution >= 0.6 is 27.7 Å². The summed E-state index contributed by atoms with van der Waals surface area (Å²) in [6.45, 7) is 0. The second-order valence-corrected chi connectivity index (χ2v) is 6.22. The van der Waals surface area contributed by atoms with Gasteiger partial charge in [0.25, 0.3) is 0 Å². The molecule has 2 aromatic carbocycles. The van der Waals surface area contributed by atoms with Gasteiger partial charge in [0.15, 0.2) is 0 Å². The largest absolute Gasteiger partial charge is 0.399 e. The lowest BCUT2D eigenvalue weighted by molar-refractivity contribution is 0.541. The van der Waals surface area contributed by atoms with Crippen LogP contribution in [0.15, 0.2) is 57.0 Å². The monoisotopic (exact) mass is 366 g/mol. The van der Waals surface area contributed by atoms with Crippen molar-refractivity contribution >= 4 is 44.2 Å². The first-order valence-corrected chi connectivity index (χ1v) is 7.63. The smallest absolute Gasteiger partial charge is 0.142 e. The van der Waals surface area contributed by atoms with Crippen molar-refractivity contribution in [2.45, 2.75) is 9.92 Å². The second kappa shape index (κ2) is 5.61. The molecule has 3 rings (SSSR count). The predicted octanol–water partition coefficient (Wildman–Crippen LogP) is 5.01. The summed E-state index contributed by atoms with van der Waals surface area (Å²) in [4.78, 5) is 4.12. The normalized spacial score (nSPS) is 11.0. The maximum atomic E-state index is 13.9. The van der Waals surface area contributed by atoms with Crippen LogP contribution in [0.25, 0.3) is 10.8 Å². The molecule has 0 amide bonds. The van der Waals surface area contributed by atoms with E-state index in [0.717, 1.165) is 39.1 Å². The molecule has 6 heteroatoms. The lowest BCUT2D eigenvalue weighted by Gasteiger charge is -2.08. The van der Waals surface area contributed by atoms with Crippen molar-refractivity contribution in [1.82, 2.24) is 4.98 Å². The zero-order valence-electron chi connectivity index (χ0n) is 10.6. The molecule has 0 fully saturated rings. The number of halogens is 3. The van der Waals surface area contributed by atoms with E-state index < -0.39 is 11.6 Å². The number of aromatic nitrogens is 1. The summed E-state index contributed by atoms with van der Waals surface area (Å²) in [6, 6.07) is 9.68. The van der Waals surface area contributed by atoms with Crippen molar-refractivity contribution in [2.24, 2.45) is 0 Å². The molecule has 2 nitrogen and oxygen atoms in total. The van der Waals surface area contributed by atoms with Gasteiger partial charge < -0.3 is 5.73 Å². The summed E-state index contributed by atoms with van der Waals surface area (Å²) in [6.07, 6.45) is 1.61. The van der Waals surface area contributed by atoms with Crippen molar-refractivity contribution in [3.8, 4) is 0 Å². The van der Waals surface area contributed by atoms with Crippen LogP contribution in [0.1, 0.15) is 0 Å². The molecule has 0 saturated carbocycles. The number of nitrogen functional groups attached to an aromatic ring is 1. The number of hydrogen-bond acceptors (Lipinski definition) is 3. The van der Waals surface area contributed by atoms with Gasteiger partial charge in [0, 0.05) is 27.1 Å². The summed E-state index contributed by atoms with van der Waals surface area (Å²) in [5.41, 5.74) is 5.48. The van der Waals surface area contributed by atoms with E-state index in [-0.39, 0.29) is 10.6 Å². The van der Waals surface area contributed by atoms with Gasteiger partial charge in [-0.2, -0.15) is 0 Å². The van der Waals surface area contributed by atoms with Gasteiger partial charge in [0.1, 0.15) is 16.7 Å². The van der Waals surface area contributed by atoms with Crippen molar-refractivity contribution in [1.29, 1.82) is 0 Å². The van der Waals surface area contributed by atoms with Crippen LogP contribution in [-0.2, 0) is 0 Å². The van der Waals surface area contributed by atoms with Gasteiger partial charge in [-0.3, -0.25) is 0 Å². The Bertz CT molecular complexity index is 816. The molecule has 1 heterocycles. The Kier molecular flexibility index (Phi) is 3.82. The Morgan fingerprint density at radius 3 is 2.48 bits per heavy atom. The first-order chi connectivity index (χ1) is 10.1. The summed E-state index contributed by atoms with van der Waals surface area (Å²) in [5.74, 6) is -1.38. The minimum absolute atomic E-state index is 0.0583. The molecule has 0 aliphatic carbocycles. The highest BCUT2D eigenvalue weighted by atomic mass is 79.9. The maximum Gasteiger partial charge on any atom is 0.142 e. The van der Waals surface area contributed by atoms with Crippen LogP contribution in [0.4, 0.5) is 14.5 Å². The minimum Gasteiger partial charge on any atom is -0.399 e. The minimum atomic E-state index is -0.689. The summed E-state index contributed by atoms with van der Waals surface area (Å²) in [5, 5.41) is 2.30. The van der Waals surface area contributed by atoms with Gasteiger partial charge >= 0.3 is 0 Å². The average molecular weight is 367 g/mol. The van der Waals surface area contributed by atoms with Crippen molar-refractivity contribution < 1.29 is 8.78 Å². The molecular weight excluding hydrogens is 358 g/mol. The number of fused-ring (bicyclic) bond motifs is 1. The SMILES string of the molecule is Nc1cc(F)c(Sc2nccc3c(Br)cccc23)c(F)c1. The molecule has 0 unspecified atom stereocenters. The molecule has 0 aliphatic heterocycles. The molecular formula is C15H9BrF2N2S. The van der Waals surface area contributed by atoms with Gasteiger partial charge in [-0.15, -0.1) is 0 Å². The van der Waals surface area contributed by atoms with E-state index in [1.165, 1.54) is 0 Å². The maximum absolute atomic E-state index is 13.9. The quantitative estimate of drug-likeness (QED) is 0.648. The molecule has 0 spiro atoms. The van der Waals surface area contributed by atoms with Crippen LogP contribution in [0.5, 0.6) is 0 Å². The summed E-state index contributed by atoms with van der Waals surface area (Å²) >= 11 is 4.40. The third-order valence-corrected chi connectivity index (χ3v) is 4.74. The first-order valence-electron chi connectivity index (χ1n) is 6.02. The fourth-order valence-electron chi connectivity index (χ4n) is 2.00. The molecule has 21 heavy (non-hydrogen) atoms. The van der Waals surface area contributed by atoms with E-state index in [4.69, 9.17) is 5.73 Å². The molecule has 0 atom stereocenters. The van der Waals surface area contributed by atoms with Crippen LogP contribution in [-0.4, -0.2) is 4.98 Å². The first kappa shape index (κ1) is 14.3. The number of nitrogens with zero attached hydrogens (tertiary/aromatic N) is 1.